The van der Waals surface area contributed by atoms with Crippen molar-refractivity contribution in [3.63, 3.8) is 0 Å². The normalized spacial score (nSPS) is 21.3. The average Bonchev–Trinajstić information content (AvgIpc) is 1.95. The first-order chi connectivity index (χ1) is 5.33. The molecule has 1 aliphatic heterocycles. The number of hydrogen-bond acceptors (Lipinski definition) is 2. The van der Waals surface area contributed by atoms with Crippen molar-refractivity contribution >= 4 is 0 Å². The molecule has 0 unspecified atom stereocenters. The molecule has 0 spiro atoms. The molecule has 0 amide bonds. The van der Waals surface area contributed by atoms with E-state index < -0.39 is 0 Å². The molecule has 1 saturated heterocycles. The maximum atomic E-state index is 5.38. The summed E-state index contributed by atoms with van der Waals surface area (Å²) in [5, 5.41) is 0. The zero-order valence-corrected chi connectivity index (χ0v) is 7.43. The molecule has 2 nitrogen and oxygen atoms in total. The van der Waals surface area contributed by atoms with Gasteiger partial charge < -0.3 is 9.47 Å². The van der Waals surface area contributed by atoms with Gasteiger partial charge in [-0.15, -0.1) is 0 Å². The molecule has 1 rings (SSSR count). The van der Waals surface area contributed by atoms with Gasteiger partial charge in [-0.25, -0.2) is 0 Å². The lowest BCUT2D eigenvalue weighted by Crippen LogP contribution is -2.45. The van der Waals surface area contributed by atoms with Crippen molar-refractivity contribution in [1.29, 1.82) is 0 Å². The summed E-state index contributed by atoms with van der Waals surface area (Å²) >= 11 is 0. The van der Waals surface area contributed by atoms with Crippen molar-refractivity contribution in [3.05, 3.63) is 6.61 Å². The molecule has 1 radical (unpaired) electrons. The highest BCUT2D eigenvalue weighted by molar-refractivity contribution is 4.84. The van der Waals surface area contributed by atoms with Gasteiger partial charge in [-0.05, 0) is 12.8 Å². The van der Waals surface area contributed by atoms with E-state index in [0.717, 1.165) is 32.7 Å². The lowest BCUT2D eigenvalue weighted by atomic mass is 9.84. The Morgan fingerprint density at radius 3 is 2.55 bits per heavy atom. The van der Waals surface area contributed by atoms with Gasteiger partial charge in [0.15, 0.2) is 0 Å². The van der Waals surface area contributed by atoms with Gasteiger partial charge in [-0.2, -0.15) is 0 Å². The molecular weight excluding hydrogens is 140 g/mol. The SMILES string of the molecule is CC[CH]OCC1(CC)COC1. The Bertz CT molecular complexity index is 103. The van der Waals surface area contributed by atoms with E-state index in [1.807, 2.05) is 6.61 Å². The standard InChI is InChI=1S/C9H17O2/c1-3-5-10-6-9(4-2)7-11-8-9/h5H,3-4,6-8H2,1-2H3. The molecule has 65 valence electrons. The minimum atomic E-state index is 0.339. The fraction of sp³-hybridized carbons (Fsp3) is 0.889. The van der Waals surface area contributed by atoms with Gasteiger partial charge in [0.25, 0.3) is 0 Å². The number of rotatable bonds is 5. The summed E-state index contributed by atoms with van der Waals surface area (Å²) in [5.41, 5.74) is 0.339. The van der Waals surface area contributed by atoms with Gasteiger partial charge in [0.2, 0.25) is 0 Å². The van der Waals surface area contributed by atoms with E-state index in [9.17, 15) is 0 Å². The Labute approximate surface area is 68.9 Å². The van der Waals surface area contributed by atoms with E-state index >= 15 is 0 Å². The minimum absolute atomic E-state index is 0.339. The highest BCUT2D eigenvalue weighted by Crippen LogP contribution is 2.31. The van der Waals surface area contributed by atoms with Crippen molar-refractivity contribution in [2.45, 2.75) is 26.7 Å². The molecule has 2 heteroatoms. The summed E-state index contributed by atoms with van der Waals surface area (Å²) < 4.78 is 10.5. The van der Waals surface area contributed by atoms with Gasteiger partial charge in [-0.1, -0.05) is 13.8 Å². The van der Waals surface area contributed by atoms with Crippen LogP contribution in [0.15, 0.2) is 0 Å². The summed E-state index contributed by atoms with van der Waals surface area (Å²) in [6.07, 6.45) is 2.14. The van der Waals surface area contributed by atoms with Gasteiger partial charge in [0.05, 0.1) is 26.4 Å². The van der Waals surface area contributed by atoms with Crippen molar-refractivity contribution in [2.75, 3.05) is 19.8 Å². The molecule has 1 aliphatic rings. The van der Waals surface area contributed by atoms with Crippen LogP contribution in [0.2, 0.25) is 0 Å². The highest BCUT2D eigenvalue weighted by atomic mass is 16.5. The van der Waals surface area contributed by atoms with Crippen molar-refractivity contribution in [2.24, 2.45) is 5.41 Å². The maximum Gasteiger partial charge on any atom is 0.0834 e. The molecule has 0 saturated carbocycles. The summed E-state index contributed by atoms with van der Waals surface area (Å²) in [4.78, 5) is 0. The van der Waals surface area contributed by atoms with E-state index in [1.54, 1.807) is 0 Å². The van der Waals surface area contributed by atoms with E-state index in [4.69, 9.17) is 9.47 Å². The zero-order valence-electron chi connectivity index (χ0n) is 7.43. The van der Waals surface area contributed by atoms with E-state index in [1.165, 1.54) is 0 Å². The lowest BCUT2D eigenvalue weighted by molar-refractivity contribution is -0.143. The Morgan fingerprint density at radius 1 is 1.45 bits per heavy atom. The van der Waals surface area contributed by atoms with Gasteiger partial charge >= 0.3 is 0 Å². The van der Waals surface area contributed by atoms with Crippen LogP contribution in [0.5, 0.6) is 0 Å². The third-order valence-corrected chi connectivity index (χ3v) is 2.24. The van der Waals surface area contributed by atoms with E-state index in [2.05, 4.69) is 13.8 Å². The number of ether oxygens (including phenoxy) is 2. The van der Waals surface area contributed by atoms with Gasteiger partial charge in [0.1, 0.15) is 0 Å². The van der Waals surface area contributed by atoms with Crippen LogP contribution in [0.3, 0.4) is 0 Å². The smallest absolute Gasteiger partial charge is 0.0834 e. The van der Waals surface area contributed by atoms with Crippen molar-refractivity contribution in [3.8, 4) is 0 Å². The van der Waals surface area contributed by atoms with Crippen LogP contribution in [-0.2, 0) is 9.47 Å². The van der Waals surface area contributed by atoms with Crippen LogP contribution >= 0.6 is 0 Å². The quantitative estimate of drug-likeness (QED) is 0.568. The molecule has 1 fully saturated rings. The third kappa shape index (κ3) is 2.17. The molecule has 1 heterocycles. The summed E-state index contributed by atoms with van der Waals surface area (Å²) in [7, 11) is 0. The first-order valence-corrected chi connectivity index (χ1v) is 4.34. The molecular formula is C9H17O2. The monoisotopic (exact) mass is 157 g/mol. The molecule has 0 aromatic carbocycles. The lowest BCUT2D eigenvalue weighted by Gasteiger charge is -2.40. The van der Waals surface area contributed by atoms with Gasteiger partial charge in [0, 0.05) is 5.41 Å². The second-order valence-corrected chi connectivity index (χ2v) is 3.23. The van der Waals surface area contributed by atoms with Crippen LogP contribution in [0.4, 0.5) is 0 Å². The fourth-order valence-corrected chi connectivity index (χ4v) is 1.13. The zero-order chi connectivity index (χ0) is 8.16. The van der Waals surface area contributed by atoms with E-state index in [0.29, 0.717) is 5.41 Å². The topological polar surface area (TPSA) is 18.5 Å². The van der Waals surface area contributed by atoms with Crippen LogP contribution in [0.1, 0.15) is 26.7 Å². The predicted molar refractivity (Wildman–Crippen MR) is 44.1 cm³/mol. The van der Waals surface area contributed by atoms with Crippen LogP contribution in [0, 0.1) is 12.0 Å². The molecule has 0 aromatic rings. The van der Waals surface area contributed by atoms with Crippen molar-refractivity contribution in [1.82, 2.24) is 0 Å². The Hall–Kier alpha value is -0.0800. The summed E-state index contributed by atoms with van der Waals surface area (Å²) in [5.74, 6) is 0. The summed E-state index contributed by atoms with van der Waals surface area (Å²) in [6, 6.07) is 0. The molecule has 11 heavy (non-hydrogen) atoms. The largest absolute Gasteiger partial charge is 0.380 e. The van der Waals surface area contributed by atoms with Crippen LogP contribution in [-0.4, -0.2) is 19.8 Å². The molecule has 0 bridgehead atoms. The van der Waals surface area contributed by atoms with Crippen molar-refractivity contribution < 1.29 is 9.47 Å². The molecule has 0 N–H and O–H groups in total. The third-order valence-electron chi connectivity index (χ3n) is 2.24. The second kappa shape index (κ2) is 4.07. The summed E-state index contributed by atoms with van der Waals surface area (Å²) in [6.45, 7) is 8.73. The fourth-order valence-electron chi connectivity index (χ4n) is 1.13. The number of hydrogen-bond donors (Lipinski definition) is 0. The average molecular weight is 157 g/mol. The van der Waals surface area contributed by atoms with Crippen LogP contribution < -0.4 is 0 Å². The molecule has 0 atom stereocenters. The maximum absolute atomic E-state index is 5.38. The Morgan fingerprint density at radius 2 is 2.18 bits per heavy atom. The molecule has 0 aromatic heterocycles. The van der Waals surface area contributed by atoms with E-state index in [-0.39, 0.29) is 0 Å². The van der Waals surface area contributed by atoms with Crippen LogP contribution in [0.25, 0.3) is 0 Å². The van der Waals surface area contributed by atoms with Gasteiger partial charge in [-0.3, -0.25) is 0 Å². The first kappa shape index (κ1) is 9.01. The Kier molecular flexibility index (Phi) is 3.34. The predicted octanol–water partition coefficient (Wildman–Crippen LogP) is 2.00. The minimum Gasteiger partial charge on any atom is -0.380 e. The Balaban J connectivity index is 2.11. The highest BCUT2D eigenvalue weighted by Gasteiger charge is 2.36. The second-order valence-electron chi connectivity index (χ2n) is 3.23. The molecule has 0 aliphatic carbocycles. The first-order valence-electron chi connectivity index (χ1n) is 4.34.